The molecular formula is C13H21N5O2S. The van der Waals surface area contributed by atoms with Crippen LogP contribution in [0.15, 0.2) is 0 Å². The topological polar surface area (TPSA) is 105 Å². The molecule has 8 heteroatoms. The average molecular weight is 311 g/mol. The number of likely N-dealkylation sites (tertiary alicyclic amines) is 1. The van der Waals surface area contributed by atoms with Crippen LogP contribution in [0.2, 0.25) is 0 Å². The Hall–Kier alpha value is -1.80. The molecule has 1 fully saturated rings. The lowest BCUT2D eigenvalue weighted by Gasteiger charge is -2.13. The Morgan fingerprint density at radius 2 is 2.10 bits per heavy atom. The summed E-state index contributed by atoms with van der Waals surface area (Å²) in [5.41, 5.74) is 11.8. The fourth-order valence-corrected chi connectivity index (χ4v) is 3.61. The smallest absolute Gasteiger partial charge is 0.265 e. The molecule has 0 spiro atoms. The van der Waals surface area contributed by atoms with Crippen molar-refractivity contribution in [1.29, 1.82) is 0 Å². The standard InChI is InChI=1S/C13H21N5O2S/c1-17(2)13(20)10-9(14)8(11(15)19)12(21-10)16-7-4-5-18(3)6-7/h7,16H,4-6,14H2,1-3H3,(H2,15,19). The van der Waals surface area contributed by atoms with Crippen molar-refractivity contribution < 1.29 is 9.59 Å². The largest absolute Gasteiger partial charge is 0.397 e. The van der Waals surface area contributed by atoms with Crippen LogP contribution in [0.5, 0.6) is 0 Å². The van der Waals surface area contributed by atoms with Crippen LogP contribution in [0.1, 0.15) is 26.5 Å². The van der Waals surface area contributed by atoms with Crippen LogP contribution in [0.4, 0.5) is 10.7 Å². The van der Waals surface area contributed by atoms with E-state index in [4.69, 9.17) is 11.5 Å². The molecule has 5 N–H and O–H groups in total. The van der Waals surface area contributed by atoms with Crippen molar-refractivity contribution in [3.63, 3.8) is 0 Å². The van der Waals surface area contributed by atoms with Crippen LogP contribution < -0.4 is 16.8 Å². The number of carbonyl (C=O) groups is 2. The van der Waals surface area contributed by atoms with E-state index >= 15 is 0 Å². The summed E-state index contributed by atoms with van der Waals surface area (Å²) in [6.07, 6.45) is 0.976. The number of hydrogen-bond donors (Lipinski definition) is 3. The molecule has 0 aromatic carbocycles. The minimum absolute atomic E-state index is 0.167. The number of primary amides is 1. The van der Waals surface area contributed by atoms with Gasteiger partial charge in [0, 0.05) is 26.7 Å². The molecule has 1 saturated heterocycles. The van der Waals surface area contributed by atoms with Gasteiger partial charge >= 0.3 is 0 Å². The number of likely N-dealkylation sites (N-methyl/N-ethyl adjacent to an activating group) is 1. The lowest BCUT2D eigenvalue weighted by Crippen LogP contribution is -2.24. The van der Waals surface area contributed by atoms with E-state index in [1.165, 1.54) is 16.2 Å². The average Bonchev–Trinajstić information content (AvgIpc) is 2.92. The molecule has 0 saturated carbocycles. The third-order valence-corrected chi connectivity index (χ3v) is 4.64. The van der Waals surface area contributed by atoms with E-state index in [9.17, 15) is 9.59 Å². The molecule has 2 heterocycles. The second-order valence-corrected chi connectivity index (χ2v) is 6.53. The molecule has 0 aliphatic carbocycles. The van der Waals surface area contributed by atoms with Gasteiger partial charge in [-0.15, -0.1) is 11.3 Å². The highest BCUT2D eigenvalue weighted by atomic mass is 32.1. The summed E-state index contributed by atoms with van der Waals surface area (Å²) in [6, 6.07) is 0.230. The van der Waals surface area contributed by atoms with Crippen molar-refractivity contribution in [2.75, 3.05) is 45.3 Å². The quantitative estimate of drug-likeness (QED) is 0.739. The molecule has 1 aliphatic rings. The zero-order valence-electron chi connectivity index (χ0n) is 12.5. The number of thiophene rings is 1. The maximum atomic E-state index is 12.1. The van der Waals surface area contributed by atoms with E-state index in [1.54, 1.807) is 14.1 Å². The van der Waals surface area contributed by atoms with Gasteiger partial charge < -0.3 is 26.6 Å². The van der Waals surface area contributed by atoms with Crippen molar-refractivity contribution in [2.24, 2.45) is 5.73 Å². The van der Waals surface area contributed by atoms with Crippen molar-refractivity contribution in [3.8, 4) is 0 Å². The van der Waals surface area contributed by atoms with Gasteiger partial charge in [-0.1, -0.05) is 0 Å². The maximum Gasteiger partial charge on any atom is 0.265 e. The molecule has 1 aliphatic heterocycles. The van der Waals surface area contributed by atoms with E-state index in [2.05, 4.69) is 10.2 Å². The van der Waals surface area contributed by atoms with Crippen molar-refractivity contribution in [1.82, 2.24) is 9.80 Å². The number of nitrogens with two attached hydrogens (primary N) is 2. The first-order valence-corrected chi connectivity index (χ1v) is 7.51. The normalized spacial score (nSPS) is 18.7. The first kappa shape index (κ1) is 15.6. The van der Waals surface area contributed by atoms with Crippen molar-refractivity contribution >= 4 is 33.8 Å². The number of amides is 2. The summed E-state index contributed by atoms with van der Waals surface area (Å²) in [5, 5.41) is 3.89. The lowest BCUT2D eigenvalue weighted by atomic mass is 10.2. The Kier molecular flexibility index (Phi) is 4.38. The number of rotatable bonds is 4. The highest BCUT2D eigenvalue weighted by molar-refractivity contribution is 7.19. The number of carbonyl (C=O) groups excluding carboxylic acids is 2. The summed E-state index contributed by atoms with van der Waals surface area (Å²) < 4.78 is 0. The molecule has 21 heavy (non-hydrogen) atoms. The minimum atomic E-state index is -0.615. The Morgan fingerprint density at radius 1 is 1.43 bits per heavy atom. The van der Waals surface area contributed by atoms with Crippen LogP contribution in [-0.4, -0.2) is 61.9 Å². The Labute approximate surface area is 127 Å². The van der Waals surface area contributed by atoms with E-state index < -0.39 is 5.91 Å². The van der Waals surface area contributed by atoms with E-state index in [1.807, 2.05) is 7.05 Å². The highest BCUT2D eigenvalue weighted by Crippen LogP contribution is 2.37. The van der Waals surface area contributed by atoms with E-state index in [0.717, 1.165) is 19.5 Å². The fourth-order valence-electron chi connectivity index (χ4n) is 2.39. The van der Waals surface area contributed by atoms with E-state index in [0.29, 0.717) is 9.88 Å². The van der Waals surface area contributed by atoms with Crippen molar-refractivity contribution in [2.45, 2.75) is 12.5 Å². The first-order chi connectivity index (χ1) is 9.81. The SMILES string of the molecule is CN1CCC(Nc2sc(C(=O)N(C)C)c(N)c2C(N)=O)C1. The molecule has 2 rings (SSSR count). The summed E-state index contributed by atoms with van der Waals surface area (Å²) in [6.45, 7) is 1.88. The predicted octanol–water partition coefficient (Wildman–Crippen LogP) is 0.247. The summed E-state index contributed by atoms with van der Waals surface area (Å²) in [5.74, 6) is -0.841. The molecule has 2 amide bonds. The lowest BCUT2D eigenvalue weighted by molar-refractivity contribution is 0.0833. The molecular weight excluding hydrogens is 290 g/mol. The monoisotopic (exact) mass is 311 g/mol. The number of anilines is 2. The minimum Gasteiger partial charge on any atom is -0.397 e. The van der Waals surface area contributed by atoms with Gasteiger partial charge in [-0.2, -0.15) is 0 Å². The Balaban J connectivity index is 2.33. The molecule has 1 aromatic heterocycles. The zero-order chi connectivity index (χ0) is 15.7. The summed E-state index contributed by atoms with van der Waals surface area (Å²) in [7, 11) is 5.33. The Morgan fingerprint density at radius 3 is 2.57 bits per heavy atom. The van der Waals surface area contributed by atoms with Crippen LogP contribution in [0.3, 0.4) is 0 Å². The number of hydrogen-bond acceptors (Lipinski definition) is 6. The van der Waals surface area contributed by atoms with Gasteiger partial charge in [-0.05, 0) is 20.0 Å². The zero-order valence-corrected chi connectivity index (χ0v) is 13.3. The molecule has 7 nitrogen and oxygen atoms in total. The number of nitrogen functional groups attached to an aromatic ring is 1. The second-order valence-electron chi connectivity index (χ2n) is 5.50. The molecule has 0 bridgehead atoms. The molecule has 0 radical (unpaired) electrons. The van der Waals surface area contributed by atoms with Gasteiger partial charge in [0.2, 0.25) is 0 Å². The molecule has 1 atom stereocenters. The molecule has 116 valence electrons. The van der Waals surface area contributed by atoms with Gasteiger partial charge in [0.15, 0.2) is 0 Å². The van der Waals surface area contributed by atoms with Gasteiger partial charge in [0.05, 0.1) is 11.3 Å². The number of nitrogens with one attached hydrogen (secondary N) is 1. The maximum absolute atomic E-state index is 12.1. The number of nitrogens with zero attached hydrogens (tertiary/aromatic N) is 2. The molecule has 1 aromatic rings. The van der Waals surface area contributed by atoms with Gasteiger partial charge in [-0.3, -0.25) is 9.59 Å². The van der Waals surface area contributed by atoms with Gasteiger partial charge in [0.1, 0.15) is 9.88 Å². The third kappa shape index (κ3) is 3.11. The molecule has 1 unspecified atom stereocenters. The van der Waals surface area contributed by atoms with Crippen LogP contribution >= 0.6 is 11.3 Å². The summed E-state index contributed by atoms with van der Waals surface area (Å²) in [4.78, 5) is 27.8. The second kappa shape index (κ2) is 5.90. The van der Waals surface area contributed by atoms with Crippen LogP contribution in [-0.2, 0) is 0 Å². The first-order valence-electron chi connectivity index (χ1n) is 6.70. The third-order valence-electron chi connectivity index (χ3n) is 3.52. The van der Waals surface area contributed by atoms with E-state index in [-0.39, 0.29) is 23.2 Å². The van der Waals surface area contributed by atoms with Crippen LogP contribution in [0, 0.1) is 0 Å². The highest BCUT2D eigenvalue weighted by Gasteiger charge is 2.28. The Bertz CT molecular complexity index is 569. The predicted molar refractivity (Wildman–Crippen MR) is 84.8 cm³/mol. The summed E-state index contributed by atoms with van der Waals surface area (Å²) >= 11 is 1.19. The van der Waals surface area contributed by atoms with Gasteiger partial charge in [-0.25, -0.2) is 0 Å². The van der Waals surface area contributed by atoms with Crippen LogP contribution in [0.25, 0.3) is 0 Å². The fraction of sp³-hybridized carbons (Fsp3) is 0.538. The van der Waals surface area contributed by atoms with Gasteiger partial charge in [0.25, 0.3) is 11.8 Å². The van der Waals surface area contributed by atoms with Crippen molar-refractivity contribution in [3.05, 3.63) is 10.4 Å².